The Hall–Kier alpha value is -2.56. The van der Waals surface area contributed by atoms with Crippen molar-refractivity contribution < 1.29 is 9.59 Å². The minimum Gasteiger partial charge on any atom is -0.364 e. The van der Waals surface area contributed by atoms with Gasteiger partial charge in [-0.25, -0.2) is 0 Å². The molecule has 1 aromatic heterocycles. The second-order valence-electron chi connectivity index (χ2n) is 5.24. The van der Waals surface area contributed by atoms with Gasteiger partial charge in [-0.15, -0.1) is 0 Å². The molecule has 1 heterocycles. The van der Waals surface area contributed by atoms with E-state index < -0.39 is 5.91 Å². The summed E-state index contributed by atoms with van der Waals surface area (Å²) in [6, 6.07) is 7.61. The van der Waals surface area contributed by atoms with Crippen LogP contribution in [0.15, 0.2) is 30.5 Å². The Morgan fingerprint density at radius 3 is 2.57 bits per heavy atom. The molecular formula is C16H19N3O2. The summed E-state index contributed by atoms with van der Waals surface area (Å²) in [5.74, 6) is -0.641. The molecule has 0 aliphatic carbocycles. The number of primary amides is 1. The number of aromatic nitrogens is 1. The van der Waals surface area contributed by atoms with Gasteiger partial charge >= 0.3 is 0 Å². The van der Waals surface area contributed by atoms with Crippen LogP contribution in [0.3, 0.4) is 0 Å². The minimum absolute atomic E-state index is 0.120. The molecule has 0 atom stereocenters. The fourth-order valence-electron chi connectivity index (χ4n) is 2.25. The Morgan fingerprint density at radius 2 is 1.95 bits per heavy atom. The molecule has 5 nitrogen and oxygen atoms in total. The first-order valence-electron chi connectivity index (χ1n) is 6.69. The Bertz CT molecular complexity index is 702. The third kappa shape index (κ3) is 3.51. The van der Waals surface area contributed by atoms with Crippen molar-refractivity contribution in [1.29, 1.82) is 0 Å². The van der Waals surface area contributed by atoms with Gasteiger partial charge < -0.3 is 15.6 Å². The molecule has 0 aliphatic rings. The van der Waals surface area contributed by atoms with Crippen LogP contribution in [0.4, 0.5) is 5.69 Å². The standard InChI is InChI=1S/C16H19N3O2/c1-10-4-5-11(2)12(6-10)7-15(20)18-13-8-14(16(17)21)19(3)9-13/h4-6,8-9H,7H2,1-3H3,(H2,17,21)(H,18,20). The van der Waals surface area contributed by atoms with E-state index in [9.17, 15) is 9.59 Å². The van der Waals surface area contributed by atoms with Gasteiger partial charge in [-0.3, -0.25) is 9.59 Å². The van der Waals surface area contributed by atoms with Crippen molar-refractivity contribution >= 4 is 17.5 Å². The molecule has 2 aromatic rings. The summed E-state index contributed by atoms with van der Waals surface area (Å²) in [6.07, 6.45) is 1.97. The lowest BCUT2D eigenvalue weighted by Gasteiger charge is -2.07. The van der Waals surface area contributed by atoms with Gasteiger partial charge in [-0.1, -0.05) is 23.8 Å². The van der Waals surface area contributed by atoms with Gasteiger partial charge in [-0.05, 0) is 31.0 Å². The summed E-state index contributed by atoms with van der Waals surface area (Å²) in [5.41, 5.74) is 9.38. The van der Waals surface area contributed by atoms with Gasteiger partial charge in [0.1, 0.15) is 5.69 Å². The molecule has 0 saturated heterocycles. The Labute approximate surface area is 123 Å². The highest BCUT2D eigenvalue weighted by Crippen LogP contribution is 2.15. The molecule has 2 rings (SSSR count). The Balaban J connectivity index is 2.10. The second-order valence-corrected chi connectivity index (χ2v) is 5.24. The zero-order valence-electron chi connectivity index (χ0n) is 12.4. The first kappa shape index (κ1) is 14.8. The van der Waals surface area contributed by atoms with E-state index in [4.69, 9.17) is 5.73 Å². The SMILES string of the molecule is Cc1ccc(C)c(CC(=O)Nc2cc(C(N)=O)n(C)c2)c1. The van der Waals surface area contributed by atoms with E-state index in [-0.39, 0.29) is 5.91 Å². The van der Waals surface area contributed by atoms with Crippen molar-refractivity contribution in [1.82, 2.24) is 4.57 Å². The summed E-state index contributed by atoms with van der Waals surface area (Å²) < 4.78 is 1.59. The topological polar surface area (TPSA) is 77.1 Å². The van der Waals surface area contributed by atoms with Gasteiger partial charge in [0.05, 0.1) is 12.1 Å². The van der Waals surface area contributed by atoms with E-state index in [0.717, 1.165) is 16.7 Å². The molecule has 2 amide bonds. The number of aryl methyl sites for hydroxylation is 3. The van der Waals surface area contributed by atoms with Crippen molar-refractivity contribution in [2.75, 3.05) is 5.32 Å². The van der Waals surface area contributed by atoms with E-state index in [0.29, 0.717) is 17.8 Å². The van der Waals surface area contributed by atoms with E-state index in [1.54, 1.807) is 23.9 Å². The fraction of sp³-hybridized carbons (Fsp3) is 0.250. The average Bonchev–Trinajstić information content (AvgIpc) is 2.74. The van der Waals surface area contributed by atoms with Crippen LogP contribution in [0.1, 0.15) is 27.2 Å². The van der Waals surface area contributed by atoms with Crippen LogP contribution in [0.25, 0.3) is 0 Å². The van der Waals surface area contributed by atoms with Crippen LogP contribution >= 0.6 is 0 Å². The first-order valence-corrected chi connectivity index (χ1v) is 6.69. The normalized spacial score (nSPS) is 10.4. The average molecular weight is 285 g/mol. The zero-order chi connectivity index (χ0) is 15.6. The number of rotatable bonds is 4. The molecule has 5 heteroatoms. The first-order chi connectivity index (χ1) is 9.86. The van der Waals surface area contributed by atoms with Crippen LogP contribution < -0.4 is 11.1 Å². The number of anilines is 1. The number of hydrogen-bond acceptors (Lipinski definition) is 2. The monoisotopic (exact) mass is 285 g/mol. The lowest BCUT2D eigenvalue weighted by molar-refractivity contribution is -0.115. The van der Waals surface area contributed by atoms with Crippen molar-refractivity contribution in [3.63, 3.8) is 0 Å². The predicted octanol–water partition coefficient (Wildman–Crippen LogP) is 1.92. The summed E-state index contributed by atoms with van der Waals surface area (Å²) in [7, 11) is 1.71. The van der Waals surface area contributed by atoms with Gasteiger partial charge in [0.15, 0.2) is 0 Å². The molecule has 0 bridgehead atoms. The van der Waals surface area contributed by atoms with E-state index in [2.05, 4.69) is 5.32 Å². The van der Waals surface area contributed by atoms with Crippen LogP contribution in [0.2, 0.25) is 0 Å². The molecule has 0 unspecified atom stereocenters. The Kier molecular flexibility index (Phi) is 4.12. The highest BCUT2D eigenvalue weighted by Gasteiger charge is 2.11. The van der Waals surface area contributed by atoms with Gasteiger partial charge in [0.25, 0.3) is 5.91 Å². The van der Waals surface area contributed by atoms with Crippen molar-refractivity contribution in [2.24, 2.45) is 12.8 Å². The summed E-state index contributed by atoms with van der Waals surface area (Å²) in [5, 5.41) is 2.79. The van der Waals surface area contributed by atoms with Crippen molar-refractivity contribution in [2.45, 2.75) is 20.3 Å². The molecule has 0 aliphatic heterocycles. The van der Waals surface area contributed by atoms with Gasteiger partial charge in [0, 0.05) is 13.2 Å². The number of hydrogen-bond donors (Lipinski definition) is 2. The minimum atomic E-state index is -0.521. The van der Waals surface area contributed by atoms with Crippen LogP contribution in [-0.2, 0) is 18.3 Å². The molecule has 0 saturated carbocycles. The third-order valence-electron chi connectivity index (χ3n) is 3.40. The number of nitrogens with one attached hydrogen (secondary N) is 1. The Morgan fingerprint density at radius 1 is 1.24 bits per heavy atom. The van der Waals surface area contributed by atoms with E-state index in [1.165, 1.54) is 0 Å². The predicted molar refractivity (Wildman–Crippen MR) is 82.2 cm³/mol. The molecule has 0 spiro atoms. The van der Waals surface area contributed by atoms with Crippen LogP contribution in [0.5, 0.6) is 0 Å². The third-order valence-corrected chi connectivity index (χ3v) is 3.40. The molecule has 0 radical (unpaired) electrons. The lowest BCUT2D eigenvalue weighted by Crippen LogP contribution is -2.15. The van der Waals surface area contributed by atoms with E-state index >= 15 is 0 Å². The highest BCUT2D eigenvalue weighted by molar-refractivity contribution is 5.96. The molecule has 21 heavy (non-hydrogen) atoms. The number of benzene rings is 1. The number of carbonyl (C=O) groups is 2. The zero-order valence-corrected chi connectivity index (χ0v) is 12.4. The van der Waals surface area contributed by atoms with Crippen LogP contribution in [0, 0.1) is 13.8 Å². The molecule has 1 aromatic carbocycles. The summed E-state index contributed by atoms with van der Waals surface area (Å²) in [4.78, 5) is 23.3. The summed E-state index contributed by atoms with van der Waals surface area (Å²) in [6.45, 7) is 3.98. The quantitative estimate of drug-likeness (QED) is 0.900. The maximum absolute atomic E-state index is 12.1. The maximum Gasteiger partial charge on any atom is 0.265 e. The fourth-order valence-corrected chi connectivity index (χ4v) is 2.25. The van der Waals surface area contributed by atoms with Gasteiger partial charge in [0.2, 0.25) is 5.91 Å². The maximum atomic E-state index is 12.1. The number of amides is 2. The number of carbonyl (C=O) groups excluding carboxylic acids is 2. The summed E-state index contributed by atoms with van der Waals surface area (Å²) >= 11 is 0. The smallest absolute Gasteiger partial charge is 0.265 e. The number of nitrogens with two attached hydrogens (primary N) is 1. The van der Waals surface area contributed by atoms with Crippen molar-refractivity contribution in [3.05, 3.63) is 52.8 Å². The molecule has 3 N–H and O–H groups in total. The molecular weight excluding hydrogens is 266 g/mol. The highest BCUT2D eigenvalue weighted by atomic mass is 16.2. The van der Waals surface area contributed by atoms with Gasteiger partial charge in [-0.2, -0.15) is 0 Å². The molecule has 110 valence electrons. The number of nitrogens with zero attached hydrogens (tertiary/aromatic N) is 1. The van der Waals surface area contributed by atoms with E-state index in [1.807, 2.05) is 32.0 Å². The molecule has 0 fully saturated rings. The second kappa shape index (κ2) is 5.83. The van der Waals surface area contributed by atoms with Crippen molar-refractivity contribution in [3.8, 4) is 0 Å². The van der Waals surface area contributed by atoms with Crippen LogP contribution in [-0.4, -0.2) is 16.4 Å². The lowest BCUT2D eigenvalue weighted by atomic mass is 10.0. The largest absolute Gasteiger partial charge is 0.364 e.